The van der Waals surface area contributed by atoms with Gasteiger partial charge in [-0.25, -0.2) is 0 Å². The fourth-order valence-corrected chi connectivity index (χ4v) is 5.53. The monoisotopic (exact) mass is 443 g/mol. The lowest BCUT2D eigenvalue weighted by atomic mass is 9.97. The number of nitrogens with one attached hydrogen (secondary N) is 1. The predicted octanol–water partition coefficient (Wildman–Crippen LogP) is 5.79. The maximum Gasteiger partial charge on any atom is 0.267 e. The van der Waals surface area contributed by atoms with Crippen LogP contribution in [0.5, 0.6) is 0 Å². The molecule has 1 aliphatic rings. The standard InChI is InChI=1S/C24H30ClN3OS/c1-17-5-3-6-18(2)27(17)13-4-12-26-24(29)22-15-23-21(11-14-30-23)28(22)16-19-7-9-20(25)10-8-19/h7-11,14-15,17-18H,3-6,12-13,16H2,1-2H3,(H,26,29)/t17-,18+. The number of thiophene rings is 1. The molecule has 6 heteroatoms. The van der Waals surface area contributed by atoms with Crippen LogP contribution in [0, 0.1) is 0 Å². The summed E-state index contributed by atoms with van der Waals surface area (Å²) in [5, 5.41) is 5.95. The zero-order chi connectivity index (χ0) is 21.1. The highest BCUT2D eigenvalue weighted by molar-refractivity contribution is 7.17. The minimum Gasteiger partial charge on any atom is -0.351 e. The second-order valence-corrected chi connectivity index (χ2v) is 9.77. The van der Waals surface area contributed by atoms with Crippen LogP contribution in [0.15, 0.2) is 41.8 Å². The summed E-state index contributed by atoms with van der Waals surface area (Å²) in [6, 6.07) is 13.2. The number of rotatable bonds is 7. The third-order valence-electron chi connectivity index (χ3n) is 6.26. The van der Waals surface area contributed by atoms with Gasteiger partial charge in [-0.2, -0.15) is 0 Å². The lowest BCUT2D eigenvalue weighted by Crippen LogP contribution is -2.44. The summed E-state index contributed by atoms with van der Waals surface area (Å²) in [4.78, 5) is 15.6. The Labute approximate surface area is 187 Å². The average molecular weight is 444 g/mol. The van der Waals surface area contributed by atoms with Crippen molar-refractivity contribution in [3.63, 3.8) is 0 Å². The Kier molecular flexibility index (Phi) is 6.81. The number of fused-ring (bicyclic) bond motifs is 1. The Hall–Kier alpha value is -1.82. The van der Waals surface area contributed by atoms with E-state index in [2.05, 4.69) is 40.1 Å². The first kappa shape index (κ1) is 21.4. The molecule has 3 aromatic rings. The number of likely N-dealkylation sites (tertiary alicyclic amines) is 1. The zero-order valence-corrected chi connectivity index (χ0v) is 19.3. The summed E-state index contributed by atoms with van der Waals surface area (Å²) < 4.78 is 3.25. The van der Waals surface area contributed by atoms with Gasteiger partial charge in [0.05, 0.1) is 10.2 Å². The van der Waals surface area contributed by atoms with Crippen LogP contribution in [0.2, 0.25) is 5.02 Å². The molecule has 1 saturated heterocycles. The minimum absolute atomic E-state index is 0.00658. The van der Waals surface area contributed by atoms with E-state index in [0.29, 0.717) is 25.2 Å². The number of halogens is 1. The summed E-state index contributed by atoms with van der Waals surface area (Å²) in [6.07, 6.45) is 4.88. The molecule has 0 spiro atoms. The number of piperidine rings is 1. The van der Waals surface area contributed by atoms with E-state index in [9.17, 15) is 4.79 Å². The van der Waals surface area contributed by atoms with Gasteiger partial charge in [0.25, 0.3) is 5.91 Å². The molecule has 4 nitrogen and oxygen atoms in total. The maximum atomic E-state index is 13.0. The van der Waals surface area contributed by atoms with Crippen LogP contribution in [0.4, 0.5) is 0 Å². The van der Waals surface area contributed by atoms with E-state index in [1.165, 1.54) is 19.3 Å². The smallest absolute Gasteiger partial charge is 0.267 e. The summed E-state index contributed by atoms with van der Waals surface area (Å²) in [6.45, 7) is 7.05. The van der Waals surface area contributed by atoms with Crippen LogP contribution in [-0.4, -0.2) is 40.5 Å². The van der Waals surface area contributed by atoms with E-state index in [1.54, 1.807) is 11.3 Å². The van der Waals surface area contributed by atoms with E-state index in [4.69, 9.17) is 11.6 Å². The third kappa shape index (κ3) is 4.74. The van der Waals surface area contributed by atoms with Crippen molar-refractivity contribution < 1.29 is 4.79 Å². The SMILES string of the molecule is C[C@@H]1CCC[C@H](C)N1CCCNC(=O)c1cc2sccc2n1Cc1ccc(Cl)cc1. The quantitative estimate of drug-likeness (QED) is 0.469. The van der Waals surface area contributed by atoms with E-state index in [1.807, 2.05) is 30.3 Å². The number of carbonyl (C=O) groups is 1. The van der Waals surface area contributed by atoms with Crippen LogP contribution in [-0.2, 0) is 6.54 Å². The number of aromatic nitrogens is 1. The fourth-order valence-electron chi connectivity index (χ4n) is 4.58. The molecule has 160 valence electrons. The average Bonchev–Trinajstić information content (AvgIpc) is 3.31. The molecule has 4 rings (SSSR count). The summed E-state index contributed by atoms with van der Waals surface area (Å²) >= 11 is 7.70. The van der Waals surface area contributed by atoms with Gasteiger partial charge < -0.3 is 9.88 Å². The highest BCUT2D eigenvalue weighted by atomic mass is 35.5. The van der Waals surface area contributed by atoms with Crippen LogP contribution in [0.1, 0.15) is 55.6 Å². The van der Waals surface area contributed by atoms with E-state index >= 15 is 0 Å². The minimum atomic E-state index is 0.00658. The first-order valence-electron chi connectivity index (χ1n) is 10.9. The van der Waals surface area contributed by atoms with Crippen LogP contribution >= 0.6 is 22.9 Å². The molecule has 1 aromatic carbocycles. The van der Waals surface area contributed by atoms with Crippen LogP contribution in [0.3, 0.4) is 0 Å². The van der Waals surface area contributed by atoms with Gasteiger partial charge in [-0.1, -0.05) is 30.2 Å². The Morgan fingerprint density at radius 1 is 1.17 bits per heavy atom. The van der Waals surface area contributed by atoms with Gasteiger partial charge in [0, 0.05) is 36.7 Å². The molecular weight excluding hydrogens is 414 g/mol. The molecule has 0 bridgehead atoms. The first-order chi connectivity index (χ1) is 14.5. The van der Waals surface area contributed by atoms with Crippen LogP contribution in [0.25, 0.3) is 10.2 Å². The largest absolute Gasteiger partial charge is 0.351 e. The molecule has 0 radical (unpaired) electrons. The van der Waals surface area contributed by atoms with Crippen LogP contribution < -0.4 is 5.32 Å². The molecule has 2 aromatic heterocycles. The Bertz CT molecular complexity index is 984. The van der Waals surface area contributed by atoms with E-state index in [0.717, 1.165) is 39.5 Å². The fraction of sp³-hybridized carbons (Fsp3) is 0.458. The van der Waals surface area contributed by atoms with Crippen molar-refractivity contribution in [3.8, 4) is 0 Å². The van der Waals surface area contributed by atoms with Gasteiger partial charge >= 0.3 is 0 Å². The summed E-state index contributed by atoms with van der Waals surface area (Å²) in [5.74, 6) is 0.00658. The lowest BCUT2D eigenvalue weighted by Gasteiger charge is -2.39. The molecule has 1 amide bonds. The van der Waals surface area contributed by atoms with Crippen molar-refractivity contribution in [2.45, 2.75) is 58.2 Å². The third-order valence-corrected chi connectivity index (χ3v) is 7.37. The molecule has 0 unspecified atom stereocenters. The van der Waals surface area contributed by atoms with Crippen molar-refractivity contribution in [2.75, 3.05) is 13.1 Å². The van der Waals surface area contributed by atoms with E-state index < -0.39 is 0 Å². The van der Waals surface area contributed by atoms with Crippen molar-refractivity contribution in [1.29, 1.82) is 0 Å². The van der Waals surface area contributed by atoms with Crippen molar-refractivity contribution in [3.05, 3.63) is 58.1 Å². The highest BCUT2D eigenvalue weighted by Gasteiger charge is 2.24. The summed E-state index contributed by atoms with van der Waals surface area (Å²) in [7, 11) is 0. The predicted molar refractivity (Wildman–Crippen MR) is 127 cm³/mol. The van der Waals surface area contributed by atoms with Gasteiger partial charge in [-0.05, 0) is 68.3 Å². The second kappa shape index (κ2) is 9.54. The normalized spacial score (nSPS) is 20.0. The second-order valence-electron chi connectivity index (χ2n) is 8.39. The molecule has 30 heavy (non-hydrogen) atoms. The molecule has 1 aliphatic heterocycles. The number of nitrogens with zero attached hydrogens (tertiary/aromatic N) is 2. The van der Waals surface area contributed by atoms with Crippen molar-refractivity contribution in [1.82, 2.24) is 14.8 Å². The highest BCUT2D eigenvalue weighted by Crippen LogP contribution is 2.27. The first-order valence-corrected chi connectivity index (χ1v) is 12.1. The van der Waals surface area contributed by atoms with E-state index in [-0.39, 0.29) is 5.91 Å². The summed E-state index contributed by atoms with van der Waals surface area (Å²) in [5.41, 5.74) is 2.97. The molecule has 2 atom stereocenters. The Morgan fingerprint density at radius 2 is 1.90 bits per heavy atom. The lowest BCUT2D eigenvalue weighted by molar-refractivity contribution is 0.0918. The van der Waals surface area contributed by atoms with Gasteiger partial charge in [-0.15, -0.1) is 11.3 Å². The molecular formula is C24H30ClN3OS. The topological polar surface area (TPSA) is 37.3 Å². The molecule has 0 aliphatic carbocycles. The number of benzene rings is 1. The molecule has 3 heterocycles. The van der Waals surface area contributed by atoms with Crippen molar-refractivity contribution >= 4 is 39.1 Å². The maximum absolute atomic E-state index is 13.0. The molecule has 1 N–H and O–H groups in total. The number of amides is 1. The van der Waals surface area contributed by atoms with Crippen molar-refractivity contribution in [2.24, 2.45) is 0 Å². The number of carbonyl (C=O) groups excluding carboxylic acids is 1. The molecule has 0 saturated carbocycles. The van der Waals surface area contributed by atoms with Gasteiger partial charge in [0.2, 0.25) is 0 Å². The van der Waals surface area contributed by atoms with Gasteiger partial charge in [0.15, 0.2) is 0 Å². The zero-order valence-electron chi connectivity index (χ0n) is 17.7. The van der Waals surface area contributed by atoms with Gasteiger partial charge in [0.1, 0.15) is 5.69 Å². The number of hydrogen-bond acceptors (Lipinski definition) is 3. The van der Waals surface area contributed by atoms with Gasteiger partial charge in [-0.3, -0.25) is 9.69 Å². The molecule has 1 fully saturated rings. The Balaban J connectivity index is 1.40. The number of hydrogen-bond donors (Lipinski definition) is 1. The Morgan fingerprint density at radius 3 is 2.63 bits per heavy atom.